The van der Waals surface area contributed by atoms with Crippen molar-refractivity contribution in [3.63, 3.8) is 0 Å². The van der Waals surface area contributed by atoms with Gasteiger partial charge < -0.3 is 25.4 Å². The van der Waals surface area contributed by atoms with E-state index in [2.05, 4.69) is 10.6 Å². The Morgan fingerprint density at radius 3 is 2.23 bits per heavy atom. The first kappa shape index (κ1) is 32.1. The molecule has 9 heteroatoms. The Bertz CT molecular complexity index is 1160. The summed E-state index contributed by atoms with van der Waals surface area (Å²) in [5, 5.41) is 16.0. The van der Waals surface area contributed by atoms with Gasteiger partial charge in [-0.15, -0.1) is 0 Å². The van der Waals surface area contributed by atoms with Gasteiger partial charge >= 0.3 is 6.09 Å². The standard InChI is InChI=1S/C30H42ClN3O5/c1-9-18(2)25(33-29(38)39-30(6,7)8)28(37)34(16-17-35)26(22-14-10-12-19(3)21(22)5)27(36)32-24-20(4)13-11-15-23(24)31/h10-15,18,25-26,35H,9,16-17H2,1-8H3,(H,32,36)(H,33,38). The molecule has 39 heavy (non-hydrogen) atoms. The number of aryl methyl sites for hydroxylation is 2. The lowest BCUT2D eigenvalue weighted by Crippen LogP contribution is -2.55. The number of hydrogen-bond acceptors (Lipinski definition) is 5. The molecule has 2 aromatic rings. The molecule has 0 aliphatic carbocycles. The van der Waals surface area contributed by atoms with Crippen molar-refractivity contribution in [1.82, 2.24) is 10.2 Å². The highest BCUT2D eigenvalue weighted by Gasteiger charge is 2.38. The normalized spacial score (nSPS) is 13.7. The Kier molecular flexibility index (Phi) is 11.4. The number of halogens is 1. The average Bonchev–Trinajstić information content (AvgIpc) is 2.85. The number of para-hydroxylation sites is 1. The quantitative estimate of drug-likeness (QED) is 0.346. The first-order valence-electron chi connectivity index (χ1n) is 13.2. The minimum atomic E-state index is -1.10. The molecule has 214 valence electrons. The summed E-state index contributed by atoms with van der Waals surface area (Å²) in [6, 6.07) is 8.75. The molecule has 3 N–H and O–H groups in total. The first-order valence-corrected chi connectivity index (χ1v) is 13.6. The monoisotopic (exact) mass is 559 g/mol. The SMILES string of the molecule is CCC(C)C(NC(=O)OC(C)(C)C)C(=O)N(CCO)C(C(=O)Nc1c(C)cccc1Cl)c1cccc(C)c1C. The molecular formula is C30H42ClN3O5. The number of hydrogen-bond donors (Lipinski definition) is 3. The number of rotatable bonds is 10. The van der Waals surface area contributed by atoms with Crippen molar-refractivity contribution in [2.45, 2.75) is 79.5 Å². The van der Waals surface area contributed by atoms with Crippen LogP contribution in [0.15, 0.2) is 36.4 Å². The van der Waals surface area contributed by atoms with Crippen molar-refractivity contribution in [3.8, 4) is 0 Å². The van der Waals surface area contributed by atoms with Crippen LogP contribution in [0.3, 0.4) is 0 Å². The molecule has 8 nitrogen and oxygen atoms in total. The summed E-state index contributed by atoms with van der Waals surface area (Å²) in [7, 11) is 0. The molecule has 2 aromatic carbocycles. The maximum absolute atomic E-state index is 14.2. The second-order valence-corrected chi connectivity index (χ2v) is 11.3. The lowest BCUT2D eigenvalue weighted by molar-refractivity contribution is -0.142. The third kappa shape index (κ3) is 8.44. The molecule has 0 aliphatic rings. The number of amides is 3. The fraction of sp³-hybridized carbons (Fsp3) is 0.500. The van der Waals surface area contributed by atoms with Crippen LogP contribution in [0.1, 0.15) is 69.3 Å². The molecule has 0 heterocycles. The first-order chi connectivity index (χ1) is 18.2. The van der Waals surface area contributed by atoms with Gasteiger partial charge in [0.25, 0.3) is 5.91 Å². The van der Waals surface area contributed by atoms with Gasteiger partial charge in [0.05, 0.1) is 17.3 Å². The van der Waals surface area contributed by atoms with Gasteiger partial charge in [-0.2, -0.15) is 0 Å². The smallest absolute Gasteiger partial charge is 0.408 e. The van der Waals surface area contributed by atoms with E-state index >= 15 is 0 Å². The van der Waals surface area contributed by atoms with Crippen LogP contribution in [0.5, 0.6) is 0 Å². The Balaban J connectivity index is 2.62. The number of alkyl carbamates (subject to hydrolysis) is 1. The third-order valence-electron chi connectivity index (χ3n) is 6.75. The molecule has 0 aromatic heterocycles. The lowest BCUT2D eigenvalue weighted by atomic mass is 9.93. The molecule has 0 saturated carbocycles. The van der Waals surface area contributed by atoms with Crippen LogP contribution in [0, 0.1) is 26.7 Å². The van der Waals surface area contributed by atoms with Crippen LogP contribution in [0.2, 0.25) is 5.02 Å². The molecule has 0 spiro atoms. The van der Waals surface area contributed by atoms with E-state index in [0.29, 0.717) is 22.7 Å². The van der Waals surface area contributed by atoms with Gasteiger partial charge in [0.15, 0.2) is 0 Å². The largest absolute Gasteiger partial charge is 0.444 e. The van der Waals surface area contributed by atoms with E-state index in [1.54, 1.807) is 39.0 Å². The number of benzene rings is 2. The van der Waals surface area contributed by atoms with E-state index in [0.717, 1.165) is 16.7 Å². The van der Waals surface area contributed by atoms with Crippen molar-refractivity contribution in [2.75, 3.05) is 18.5 Å². The number of aliphatic hydroxyl groups is 1. The van der Waals surface area contributed by atoms with Gasteiger partial charge in [-0.1, -0.05) is 62.2 Å². The van der Waals surface area contributed by atoms with Crippen LogP contribution >= 0.6 is 11.6 Å². The van der Waals surface area contributed by atoms with Crippen molar-refractivity contribution in [2.24, 2.45) is 5.92 Å². The third-order valence-corrected chi connectivity index (χ3v) is 7.06. The Labute approximate surface area is 237 Å². The highest BCUT2D eigenvalue weighted by molar-refractivity contribution is 6.34. The zero-order valence-corrected chi connectivity index (χ0v) is 25.0. The number of carbonyl (C=O) groups excluding carboxylic acids is 3. The zero-order chi connectivity index (χ0) is 29.5. The van der Waals surface area contributed by atoms with Crippen LogP contribution in [0.4, 0.5) is 10.5 Å². The number of carbonyl (C=O) groups is 3. The van der Waals surface area contributed by atoms with Crippen LogP contribution in [-0.2, 0) is 14.3 Å². The number of ether oxygens (including phenoxy) is 1. The minimum Gasteiger partial charge on any atom is -0.444 e. The van der Waals surface area contributed by atoms with Gasteiger partial charge in [0, 0.05) is 6.54 Å². The summed E-state index contributed by atoms with van der Waals surface area (Å²) < 4.78 is 5.42. The molecule has 0 fully saturated rings. The van der Waals surface area contributed by atoms with Gasteiger partial charge in [0.1, 0.15) is 17.7 Å². The summed E-state index contributed by atoms with van der Waals surface area (Å²) in [6.07, 6.45) is -0.150. The second kappa shape index (κ2) is 13.8. The maximum Gasteiger partial charge on any atom is 0.408 e. The van der Waals surface area contributed by atoms with Gasteiger partial charge in [-0.3, -0.25) is 9.59 Å². The Morgan fingerprint density at radius 2 is 1.67 bits per heavy atom. The molecule has 2 rings (SSSR count). The fourth-order valence-electron chi connectivity index (χ4n) is 4.27. The molecule has 3 atom stereocenters. The van der Waals surface area contributed by atoms with Crippen LogP contribution in [0.25, 0.3) is 0 Å². The summed E-state index contributed by atoms with van der Waals surface area (Å²) in [4.78, 5) is 42.2. The Hall–Kier alpha value is -3.10. The van der Waals surface area contributed by atoms with Crippen LogP contribution in [-0.4, -0.2) is 52.7 Å². The topological polar surface area (TPSA) is 108 Å². The predicted octanol–water partition coefficient (Wildman–Crippen LogP) is 5.71. The molecule has 0 bridgehead atoms. The highest BCUT2D eigenvalue weighted by Crippen LogP contribution is 2.32. The van der Waals surface area contributed by atoms with E-state index in [9.17, 15) is 19.5 Å². The van der Waals surface area contributed by atoms with Crippen molar-refractivity contribution < 1.29 is 24.2 Å². The maximum atomic E-state index is 14.2. The fourth-order valence-corrected chi connectivity index (χ4v) is 4.54. The molecule has 0 radical (unpaired) electrons. The van der Waals surface area contributed by atoms with Crippen molar-refractivity contribution in [3.05, 3.63) is 63.7 Å². The molecular weight excluding hydrogens is 518 g/mol. The minimum absolute atomic E-state index is 0.130. The molecule has 0 saturated heterocycles. The van der Waals surface area contributed by atoms with Crippen molar-refractivity contribution in [1.29, 1.82) is 0 Å². The summed E-state index contributed by atoms with van der Waals surface area (Å²) >= 11 is 6.41. The zero-order valence-electron chi connectivity index (χ0n) is 24.2. The van der Waals surface area contributed by atoms with Gasteiger partial charge in [-0.25, -0.2) is 4.79 Å². The lowest BCUT2D eigenvalue weighted by Gasteiger charge is -2.36. The predicted molar refractivity (Wildman–Crippen MR) is 155 cm³/mol. The summed E-state index contributed by atoms with van der Waals surface area (Å²) in [5.74, 6) is -1.26. The van der Waals surface area contributed by atoms with E-state index in [1.165, 1.54) is 4.90 Å². The van der Waals surface area contributed by atoms with E-state index < -0.39 is 35.6 Å². The van der Waals surface area contributed by atoms with Crippen molar-refractivity contribution >= 4 is 35.2 Å². The van der Waals surface area contributed by atoms with Crippen LogP contribution < -0.4 is 10.6 Å². The highest BCUT2D eigenvalue weighted by atomic mass is 35.5. The summed E-state index contributed by atoms with van der Waals surface area (Å²) in [5.41, 5.74) is 2.84. The number of anilines is 1. The molecule has 3 amide bonds. The molecule has 3 unspecified atom stereocenters. The number of aliphatic hydroxyl groups excluding tert-OH is 1. The second-order valence-electron chi connectivity index (χ2n) is 10.9. The van der Waals surface area contributed by atoms with Gasteiger partial charge in [0.2, 0.25) is 5.91 Å². The number of nitrogens with one attached hydrogen (secondary N) is 2. The van der Waals surface area contributed by atoms with E-state index in [1.807, 2.05) is 52.8 Å². The average molecular weight is 560 g/mol. The van der Waals surface area contributed by atoms with Gasteiger partial charge in [-0.05, 0) is 75.8 Å². The number of nitrogens with zero attached hydrogens (tertiary/aromatic N) is 1. The molecule has 0 aliphatic heterocycles. The summed E-state index contributed by atoms with van der Waals surface area (Å²) in [6.45, 7) is 14.1. The van der Waals surface area contributed by atoms with E-state index in [4.69, 9.17) is 16.3 Å². The van der Waals surface area contributed by atoms with E-state index in [-0.39, 0.29) is 19.1 Å². The Morgan fingerprint density at radius 1 is 1.05 bits per heavy atom.